The second-order valence-corrected chi connectivity index (χ2v) is 9.59. The first-order valence-electron chi connectivity index (χ1n) is 8.03. The minimum atomic E-state index is -3.51. The first kappa shape index (κ1) is 20.8. The molecule has 1 aliphatic rings. The summed E-state index contributed by atoms with van der Waals surface area (Å²) < 4.78 is 24.0. The molecule has 0 heterocycles. The summed E-state index contributed by atoms with van der Waals surface area (Å²) in [5.74, 6) is -0.470. The number of thioether (sulfide) groups is 1. The number of rotatable bonds is 8. The summed E-state index contributed by atoms with van der Waals surface area (Å²) in [4.78, 5) is 13.4. The van der Waals surface area contributed by atoms with Crippen molar-refractivity contribution in [2.24, 2.45) is 5.92 Å². The van der Waals surface area contributed by atoms with Crippen molar-refractivity contribution >= 4 is 44.7 Å². The van der Waals surface area contributed by atoms with Gasteiger partial charge >= 0.3 is 0 Å². The predicted molar refractivity (Wildman–Crippen MR) is 104 cm³/mol. The minimum Gasteiger partial charge on any atom is -0.494 e. The molecule has 0 saturated heterocycles. The number of hydrogen-bond acceptors (Lipinski definition) is 7. The van der Waals surface area contributed by atoms with E-state index in [9.17, 15) is 18.3 Å². The fourth-order valence-corrected chi connectivity index (χ4v) is 5.07. The van der Waals surface area contributed by atoms with Crippen LogP contribution < -0.4 is 5.32 Å². The normalized spacial score (nSPS) is 15.4. The SMILES string of the molecule is CCSc1c(S(C)(=O)=O)ccc(C(=O)/C(C(=N)C2CC2)=C(\O)NC)c1Cl. The number of sulfone groups is 1. The molecule has 6 nitrogen and oxygen atoms in total. The molecule has 0 aromatic heterocycles. The van der Waals surface area contributed by atoms with Crippen molar-refractivity contribution in [3.8, 4) is 0 Å². The van der Waals surface area contributed by atoms with Gasteiger partial charge in [-0.3, -0.25) is 4.79 Å². The Morgan fingerprint density at radius 1 is 1.42 bits per heavy atom. The molecule has 1 aromatic carbocycles. The van der Waals surface area contributed by atoms with Crippen LogP contribution in [0.3, 0.4) is 0 Å². The summed E-state index contributed by atoms with van der Waals surface area (Å²) in [6, 6.07) is 2.69. The van der Waals surface area contributed by atoms with Crippen molar-refractivity contribution in [1.29, 1.82) is 5.41 Å². The third-order valence-electron chi connectivity index (χ3n) is 3.95. The Morgan fingerprint density at radius 2 is 2.04 bits per heavy atom. The number of ketones is 1. The van der Waals surface area contributed by atoms with Crippen LogP contribution in [0.2, 0.25) is 5.02 Å². The summed E-state index contributed by atoms with van der Waals surface area (Å²) in [6.45, 7) is 1.85. The van der Waals surface area contributed by atoms with E-state index in [1.165, 1.54) is 30.9 Å². The number of halogens is 1. The Bertz CT molecular complexity index is 890. The molecule has 1 fully saturated rings. The van der Waals surface area contributed by atoms with E-state index in [0.717, 1.165) is 19.1 Å². The third-order valence-corrected chi connectivity index (χ3v) is 6.72. The van der Waals surface area contributed by atoms with Crippen molar-refractivity contribution < 1.29 is 18.3 Å². The summed E-state index contributed by atoms with van der Waals surface area (Å²) in [6.07, 6.45) is 2.68. The molecule has 1 aromatic rings. The lowest BCUT2D eigenvalue weighted by atomic mass is 9.97. The molecule has 0 amide bonds. The third kappa shape index (κ3) is 4.24. The van der Waals surface area contributed by atoms with Gasteiger partial charge in [0.25, 0.3) is 0 Å². The van der Waals surface area contributed by atoms with Crippen molar-refractivity contribution in [2.75, 3.05) is 19.1 Å². The molecule has 1 saturated carbocycles. The van der Waals surface area contributed by atoms with Gasteiger partial charge in [-0.05, 0) is 30.7 Å². The first-order chi connectivity index (χ1) is 12.1. The van der Waals surface area contributed by atoms with Gasteiger partial charge in [0.05, 0.1) is 15.6 Å². The van der Waals surface area contributed by atoms with E-state index >= 15 is 0 Å². The number of carbonyl (C=O) groups excluding carboxylic acids is 1. The minimum absolute atomic E-state index is 0.0229. The van der Waals surface area contributed by atoms with Crippen molar-refractivity contribution in [3.05, 3.63) is 34.2 Å². The van der Waals surface area contributed by atoms with Crippen LogP contribution in [0.4, 0.5) is 0 Å². The van der Waals surface area contributed by atoms with Crippen molar-refractivity contribution in [2.45, 2.75) is 29.6 Å². The molecule has 9 heteroatoms. The van der Waals surface area contributed by atoms with E-state index in [4.69, 9.17) is 17.0 Å². The number of nitrogens with one attached hydrogen (secondary N) is 2. The lowest BCUT2D eigenvalue weighted by Crippen LogP contribution is -2.22. The number of benzene rings is 1. The van der Waals surface area contributed by atoms with Gasteiger partial charge in [-0.1, -0.05) is 18.5 Å². The molecule has 3 N–H and O–H groups in total. The number of carbonyl (C=O) groups is 1. The standard InChI is InChI=1S/C17H21ClN2O4S2/c1-4-25-16-11(26(3,23)24)8-7-10(13(16)18)15(21)12(17(22)20-2)14(19)9-5-6-9/h7-9,19-20,22H,4-6H2,1-3H3/b17-12-,19-14?. The van der Waals surface area contributed by atoms with E-state index in [-0.39, 0.29) is 38.6 Å². The highest BCUT2D eigenvalue weighted by Gasteiger charge is 2.35. The molecule has 0 aliphatic heterocycles. The van der Waals surface area contributed by atoms with Gasteiger partial charge in [0.2, 0.25) is 5.78 Å². The number of allylic oxidation sites excluding steroid dienone is 1. The summed E-state index contributed by atoms with van der Waals surface area (Å²) in [5.41, 5.74) is 0.00321. The molecule has 0 atom stereocenters. The second kappa shape index (κ2) is 8.02. The zero-order chi connectivity index (χ0) is 19.6. The average molecular weight is 417 g/mol. The number of hydrogen-bond donors (Lipinski definition) is 3. The average Bonchev–Trinajstić information content (AvgIpc) is 3.40. The van der Waals surface area contributed by atoms with Crippen LogP contribution in [0.15, 0.2) is 33.4 Å². The molecule has 142 valence electrons. The predicted octanol–water partition coefficient (Wildman–Crippen LogP) is 3.46. The van der Waals surface area contributed by atoms with E-state index in [1.807, 2.05) is 6.92 Å². The molecule has 1 aliphatic carbocycles. The summed E-state index contributed by atoms with van der Waals surface area (Å²) in [7, 11) is -2.06. The number of aliphatic hydroxyl groups is 1. The van der Waals surface area contributed by atoms with Crippen LogP contribution in [0.5, 0.6) is 0 Å². The number of aliphatic hydroxyl groups excluding tert-OH is 1. The van der Waals surface area contributed by atoms with Gasteiger partial charge in [-0.25, -0.2) is 8.42 Å². The van der Waals surface area contributed by atoms with E-state index in [2.05, 4.69) is 5.32 Å². The zero-order valence-electron chi connectivity index (χ0n) is 14.7. The monoisotopic (exact) mass is 416 g/mol. The highest BCUT2D eigenvalue weighted by Crippen LogP contribution is 2.38. The van der Waals surface area contributed by atoms with Crippen LogP contribution in [-0.2, 0) is 9.84 Å². The molecular weight excluding hydrogens is 396 g/mol. The van der Waals surface area contributed by atoms with E-state index in [0.29, 0.717) is 10.6 Å². The molecule has 0 bridgehead atoms. The first-order valence-corrected chi connectivity index (χ1v) is 11.3. The lowest BCUT2D eigenvalue weighted by Gasteiger charge is -2.15. The Labute approximate surface area is 162 Å². The van der Waals surface area contributed by atoms with Crippen LogP contribution in [-0.4, -0.2) is 44.1 Å². The maximum Gasteiger partial charge on any atom is 0.201 e. The smallest absolute Gasteiger partial charge is 0.201 e. The second-order valence-electron chi connectivity index (χ2n) is 5.95. The summed E-state index contributed by atoms with van der Waals surface area (Å²) >= 11 is 7.61. The molecular formula is C17H21ClN2O4S2. The molecule has 0 unspecified atom stereocenters. The van der Waals surface area contributed by atoms with Crippen molar-refractivity contribution in [1.82, 2.24) is 5.32 Å². The Hall–Kier alpha value is -1.51. The molecule has 0 radical (unpaired) electrons. The van der Waals surface area contributed by atoms with Gasteiger partial charge in [-0.15, -0.1) is 11.8 Å². The lowest BCUT2D eigenvalue weighted by molar-refractivity contribution is 0.103. The van der Waals surface area contributed by atoms with Gasteiger partial charge in [-0.2, -0.15) is 0 Å². The largest absolute Gasteiger partial charge is 0.494 e. The van der Waals surface area contributed by atoms with E-state index < -0.39 is 15.6 Å². The molecule has 0 spiro atoms. The van der Waals surface area contributed by atoms with Gasteiger partial charge < -0.3 is 15.8 Å². The fraction of sp³-hybridized carbons (Fsp3) is 0.412. The van der Waals surface area contributed by atoms with E-state index in [1.54, 1.807) is 0 Å². The molecule has 2 rings (SSSR count). The van der Waals surface area contributed by atoms with Crippen LogP contribution in [0.25, 0.3) is 0 Å². The van der Waals surface area contributed by atoms with Gasteiger partial charge in [0.15, 0.2) is 15.7 Å². The van der Waals surface area contributed by atoms with Gasteiger partial charge in [0.1, 0.15) is 5.57 Å². The van der Waals surface area contributed by atoms with Crippen LogP contribution in [0, 0.1) is 11.3 Å². The Kier molecular flexibility index (Phi) is 6.42. The highest BCUT2D eigenvalue weighted by molar-refractivity contribution is 8.00. The highest BCUT2D eigenvalue weighted by atomic mass is 35.5. The van der Waals surface area contributed by atoms with Gasteiger partial charge in [0, 0.05) is 29.7 Å². The maximum absolute atomic E-state index is 13.0. The van der Waals surface area contributed by atoms with Crippen molar-refractivity contribution in [3.63, 3.8) is 0 Å². The Balaban J connectivity index is 2.61. The fourth-order valence-electron chi connectivity index (χ4n) is 2.48. The number of Topliss-reactive ketones (excluding diaryl/α,β-unsaturated/α-hetero) is 1. The summed E-state index contributed by atoms with van der Waals surface area (Å²) in [5, 5.41) is 20.8. The maximum atomic E-state index is 13.0. The quantitative estimate of drug-likeness (QED) is 0.197. The van der Waals surface area contributed by atoms with Crippen LogP contribution in [0.1, 0.15) is 30.1 Å². The van der Waals surface area contributed by atoms with Crippen LogP contribution >= 0.6 is 23.4 Å². The zero-order valence-corrected chi connectivity index (χ0v) is 17.1. The molecule has 26 heavy (non-hydrogen) atoms. The topological polar surface area (TPSA) is 107 Å². The Morgan fingerprint density at radius 3 is 2.50 bits per heavy atom.